The minimum atomic E-state index is -0.973. The van der Waals surface area contributed by atoms with Crippen molar-refractivity contribution in [1.82, 2.24) is 0 Å². The van der Waals surface area contributed by atoms with Crippen LogP contribution in [-0.4, -0.2) is 110 Å². The molecule has 44 heavy (non-hydrogen) atoms. The van der Waals surface area contributed by atoms with E-state index >= 15 is 0 Å². The standard InChI is InChI=1S/C36H44N2O6/c1-37(2)26-16-21(17-27(37)31-30(26)43-31)41-34(39)24-14-15-36(20-10-6-5-7-11-20,25-13-9-8-12-23(24)25)35(40)42-22-18-28-32-33(44-32)29(19-22)38(28,3)4/h5-13,21-22,24,26-33H,14-19H2,1-4H3/q+2/t24-,26-,27-,28-,29-,30+,31+,32+,33+,36-/m0/s1. The maximum absolute atomic E-state index is 14.6. The Morgan fingerprint density at radius 3 is 1.77 bits per heavy atom. The summed E-state index contributed by atoms with van der Waals surface area (Å²) >= 11 is 0. The minimum absolute atomic E-state index is 0.0856. The van der Waals surface area contributed by atoms with Crippen LogP contribution in [0, 0.1) is 0 Å². The molecule has 4 bridgehead atoms. The molecular weight excluding hydrogens is 556 g/mol. The Bertz CT molecular complexity index is 1490. The van der Waals surface area contributed by atoms with Crippen molar-refractivity contribution in [1.29, 1.82) is 0 Å². The first-order chi connectivity index (χ1) is 21.1. The van der Waals surface area contributed by atoms with Gasteiger partial charge in [-0.2, -0.15) is 0 Å². The zero-order valence-electron chi connectivity index (χ0n) is 26.1. The summed E-state index contributed by atoms with van der Waals surface area (Å²) in [7, 11) is 9.16. The fourth-order valence-corrected chi connectivity index (χ4v) is 10.5. The number of fused-ring (bicyclic) bond motifs is 11. The zero-order valence-corrected chi connectivity index (χ0v) is 26.1. The van der Waals surface area contributed by atoms with Crippen LogP contribution in [0.5, 0.6) is 0 Å². The van der Waals surface area contributed by atoms with E-state index in [4.69, 9.17) is 18.9 Å². The van der Waals surface area contributed by atoms with Gasteiger partial charge in [-0.15, -0.1) is 0 Å². The van der Waals surface area contributed by atoms with Gasteiger partial charge < -0.3 is 27.9 Å². The van der Waals surface area contributed by atoms with Crippen LogP contribution >= 0.6 is 0 Å². The second-order valence-corrected chi connectivity index (χ2v) is 15.6. The molecule has 6 heterocycles. The van der Waals surface area contributed by atoms with E-state index in [9.17, 15) is 9.59 Å². The smallest absolute Gasteiger partial charge is 0.321 e. The van der Waals surface area contributed by atoms with Crippen LogP contribution in [0.3, 0.4) is 0 Å². The molecule has 9 rings (SSSR count). The highest BCUT2D eigenvalue weighted by Crippen LogP contribution is 2.54. The van der Waals surface area contributed by atoms with Crippen molar-refractivity contribution in [3.63, 3.8) is 0 Å². The number of benzene rings is 2. The van der Waals surface area contributed by atoms with Crippen molar-refractivity contribution in [2.45, 2.75) is 111 Å². The number of carbonyl (C=O) groups excluding carboxylic acids is 2. The van der Waals surface area contributed by atoms with E-state index in [0.717, 1.165) is 51.3 Å². The summed E-state index contributed by atoms with van der Waals surface area (Å²) in [5, 5.41) is 0. The van der Waals surface area contributed by atoms with Gasteiger partial charge >= 0.3 is 11.9 Å². The number of carbonyl (C=O) groups is 2. The van der Waals surface area contributed by atoms with Crippen LogP contribution in [0.1, 0.15) is 61.1 Å². The predicted octanol–water partition coefficient (Wildman–Crippen LogP) is 3.45. The predicted molar refractivity (Wildman–Crippen MR) is 161 cm³/mol. The van der Waals surface area contributed by atoms with Crippen molar-refractivity contribution >= 4 is 11.9 Å². The molecule has 1 aliphatic carbocycles. The molecule has 0 amide bonds. The largest absolute Gasteiger partial charge is 0.461 e. The summed E-state index contributed by atoms with van der Waals surface area (Å²) in [5.41, 5.74) is 1.72. The molecule has 2 aromatic carbocycles. The first-order valence-corrected chi connectivity index (χ1v) is 16.6. The quantitative estimate of drug-likeness (QED) is 0.297. The lowest BCUT2D eigenvalue weighted by atomic mass is 9.63. The number of ether oxygens (including phenoxy) is 4. The van der Waals surface area contributed by atoms with Gasteiger partial charge in [0.15, 0.2) is 0 Å². The van der Waals surface area contributed by atoms with Gasteiger partial charge in [0, 0.05) is 25.7 Å². The maximum Gasteiger partial charge on any atom is 0.321 e. The van der Waals surface area contributed by atoms with Gasteiger partial charge in [0.25, 0.3) is 0 Å². The molecule has 0 aromatic heterocycles. The van der Waals surface area contributed by atoms with E-state index in [-0.39, 0.29) is 24.1 Å². The molecule has 0 N–H and O–H groups in total. The molecule has 232 valence electrons. The third-order valence-electron chi connectivity index (χ3n) is 13.1. The fourth-order valence-electron chi connectivity index (χ4n) is 10.5. The molecule has 6 fully saturated rings. The van der Waals surface area contributed by atoms with E-state index in [0.29, 0.717) is 61.4 Å². The van der Waals surface area contributed by atoms with E-state index in [1.165, 1.54) is 0 Å². The van der Waals surface area contributed by atoms with Crippen molar-refractivity contribution in [2.24, 2.45) is 0 Å². The molecule has 8 nitrogen and oxygen atoms in total. The topological polar surface area (TPSA) is 77.7 Å². The monoisotopic (exact) mass is 600 g/mol. The van der Waals surface area contributed by atoms with Gasteiger partial charge in [-0.1, -0.05) is 54.6 Å². The molecule has 10 atom stereocenters. The van der Waals surface area contributed by atoms with Crippen molar-refractivity contribution < 1.29 is 37.5 Å². The Hall–Kier alpha value is -2.78. The number of esters is 2. The number of morpholine rings is 2. The number of likely N-dealkylation sites (N-methyl/N-ethyl adjacent to an activating group) is 2. The Kier molecular flexibility index (Phi) is 5.72. The van der Waals surface area contributed by atoms with Crippen molar-refractivity contribution in [2.75, 3.05) is 28.2 Å². The van der Waals surface area contributed by atoms with Gasteiger partial charge in [0.05, 0.1) is 34.1 Å². The number of piperidine rings is 2. The Balaban J connectivity index is 0.998. The highest BCUT2D eigenvalue weighted by molar-refractivity contribution is 5.91. The van der Waals surface area contributed by atoms with Crippen LogP contribution in [-0.2, 0) is 34.0 Å². The van der Waals surface area contributed by atoms with Crippen LogP contribution in [0.4, 0.5) is 0 Å². The first kappa shape index (κ1) is 27.5. The lowest BCUT2D eigenvalue weighted by Crippen LogP contribution is -2.60. The van der Waals surface area contributed by atoms with Crippen LogP contribution in [0.15, 0.2) is 54.6 Å². The van der Waals surface area contributed by atoms with Gasteiger partial charge in [-0.25, -0.2) is 0 Å². The molecule has 6 saturated heterocycles. The van der Waals surface area contributed by atoms with E-state index in [1.807, 2.05) is 54.6 Å². The summed E-state index contributed by atoms with van der Waals surface area (Å²) in [6.07, 6.45) is 5.38. The number of hydrogen-bond donors (Lipinski definition) is 0. The van der Waals surface area contributed by atoms with Crippen LogP contribution in [0.25, 0.3) is 0 Å². The highest BCUT2D eigenvalue weighted by Gasteiger charge is 2.72. The first-order valence-electron chi connectivity index (χ1n) is 16.6. The van der Waals surface area contributed by atoms with Gasteiger partial charge in [-0.05, 0) is 29.5 Å². The molecule has 0 saturated carbocycles. The Labute approximate surface area is 259 Å². The van der Waals surface area contributed by atoms with E-state index in [1.54, 1.807) is 0 Å². The third-order valence-corrected chi connectivity index (χ3v) is 13.1. The average molecular weight is 601 g/mol. The van der Waals surface area contributed by atoms with E-state index in [2.05, 4.69) is 28.2 Å². The SMILES string of the molecule is C[N+]1(C)[C@H]2CC(OC(=O)[C@H]3CC[C@](C(=O)OC4C[C@H]5[C@H]6O[C@@H]6[C@H](C4)[N+]5(C)C)(c4ccccc4)c4ccccc43)C[C@H]1[C@H]1O[C@@H]12. The minimum Gasteiger partial charge on any atom is -0.461 e. The molecule has 7 aliphatic rings. The number of epoxide rings is 2. The zero-order chi connectivity index (χ0) is 30.2. The number of nitrogens with zero attached hydrogens (tertiary/aromatic N) is 2. The molecular formula is C36H44N2O6+2. The van der Waals surface area contributed by atoms with E-state index < -0.39 is 11.3 Å². The average Bonchev–Trinajstić information content (AvgIpc) is 3.91. The van der Waals surface area contributed by atoms with Gasteiger partial charge in [-0.3, -0.25) is 9.59 Å². The summed E-state index contributed by atoms with van der Waals surface area (Å²) in [5.74, 6) is -0.768. The third kappa shape index (κ3) is 3.71. The summed E-state index contributed by atoms with van der Waals surface area (Å²) < 4.78 is 26.7. The molecule has 0 unspecified atom stereocenters. The molecule has 8 heteroatoms. The Morgan fingerprint density at radius 1 is 0.705 bits per heavy atom. The molecule has 0 spiro atoms. The van der Waals surface area contributed by atoms with Crippen molar-refractivity contribution in [3.8, 4) is 0 Å². The van der Waals surface area contributed by atoms with Gasteiger partial charge in [0.1, 0.15) is 66.2 Å². The molecule has 0 radical (unpaired) electrons. The number of quaternary nitrogens is 2. The second kappa shape index (κ2) is 9.15. The lowest BCUT2D eigenvalue weighted by Gasteiger charge is -2.46. The van der Waals surface area contributed by atoms with Crippen molar-refractivity contribution in [3.05, 3.63) is 71.3 Å². The Morgan fingerprint density at radius 2 is 1.20 bits per heavy atom. The fraction of sp³-hybridized carbons (Fsp3) is 0.611. The number of rotatable bonds is 5. The van der Waals surface area contributed by atoms with Crippen LogP contribution < -0.4 is 0 Å². The second-order valence-electron chi connectivity index (χ2n) is 15.6. The molecule has 6 aliphatic heterocycles. The maximum atomic E-state index is 14.6. The van der Waals surface area contributed by atoms with Crippen LogP contribution in [0.2, 0.25) is 0 Å². The van der Waals surface area contributed by atoms with Gasteiger partial charge in [0.2, 0.25) is 0 Å². The summed E-state index contributed by atoms with van der Waals surface area (Å²) in [4.78, 5) is 28.6. The summed E-state index contributed by atoms with van der Waals surface area (Å²) in [6, 6.07) is 19.5. The lowest BCUT2D eigenvalue weighted by molar-refractivity contribution is -0.938. The normalized spacial score (nSPS) is 44.5. The number of hydrogen-bond acceptors (Lipinski definition) is 6. The molecule has 2 aromatic rings. The highest BCUT2D eigenvalue weighted by atomic mass is 16.6. The summed E-state index contributed by atoms with van der Waals surface area (Å²) in [6.45, 7) is 0.